The lowest BCUT2D eigenvalue weighted by molar-refractivity contribution is 0.102. The van der Waals surface area contributed by atoms with Crippen LogP contribution in [0.2, 0.25) is 0 Å². The predicted octanol–water partition coefficient (Wildman–Crippen LogP) is 4.49. The van der Waals surface area contributed by atoms with E-state index in [1.165, 1.54) is 11.3 Å². The van der Waals surface area contributed by atoms with Gasteiger partial charge < -0.3 is 19.4 Å². The van der Waals surface area contributed by atoms with Crippen molar-refractivity contribution in [3.8, 4) is 5.75 Å². The van der Waals surface area contributed by atoms with Crippen LogP contribution in [0.3, 0.4) is 0 Å². The van der Waals surface area contributed by atoms with Gasteiger partial charge in [0.05, 0.1) is 25.5 Å². The number of hydrogen-bond acceptors (Lipinski definition) is 4. The van der Waals surface area contributed by atoms with Crippen molar-refractivity contribution in [1.29, 1.82) is 0 Å². The lowest BCUT2D eigenvalue weighted by Gasteiger charge is -2.24. The number of benzene rings is 2. The number of nitrogens with zero attached hydrogens (tertiary/aromatic N) is 1. The van der Waals surface area contributed by atoms with E-state index >= 15 is 0 Å². The van der Waals surface area contributed by atoms with Crippen LogP contribution in [0.25, 0.3) is 0 Å². The Bertz CT molecular complexity index is 946. The minimum Gasteiger partial charge on any atom is -0.497 e. The molecular formula is C22H22N2O3. The number of nitrogens with one attached hydrogen (secondary N) is 1. The summed E-state index contributed by atoms with van der Waals surface area (Å²) in [5.41, 5.74) is 3.82. The molecule has 5 heteroatoms. The topological polar surface area (TPSA) is 54.7 Å². The van der Waals surface area contributed by atoms with Crippen LogP contribution < -0.4 is 15.0 Å². The molecule has 0 radical (unpaired) electrons. The van der Waals surface area contributed by atoms with Gasteiger partial charge in [-0.2, -0.15) is 0 Å². The van der Waals surface area contributed by atoms with E-state index in [-0.39, 0.29) is 5.91 Å². The number of anilines is 2. The zero-order valence-electron chi connectivity index (χ0n) is 15.4. The van der Waals surface area contributed by atoms with E-state index in [0.29, 0.717) is 29.6 Å². The van der Waals surface area contributed by atoms with Crippen molar-refractivity contribution in [3.05, 3.63) is 77.7 Å². The monoisotopic (exact) mass is 362 g/mol. The highest BCUT2D eigenvalue weighted by molar-refractivity contribution is 6.05. The standard InChI is InChI=1S/C22H22N2O3/c1-15-13-16-5-3-4-6-20(16)24(15)14-21-19(11-12-27-21)22(25)23-17-7-9-18(26-2)10-8-17/h3-12,15H,13-14H2,1-2H3,(H,23,25). The maximum absolute atomic E-state index is 12.7. The third-order valence-electron chi connectivity index (χ3n) is 5.00. The number of carbonyl (C=O) groups excluding carboxylic acids is 1. The van der Waals surface area contributed by atoms with Gasteiger partial charge >= 0.3 is 0 Å². The third-order valence-corrected chi connectivity index (χ3v) is 5.00. The van der Waals surface area contributed by atoms with Gasteiger partial charge in [-0.15, -0.1) is 0 Å². The summed E-state index contributed by atoms with van der Waals surface area (Å²) in [7, 11) is 1.61. The first-order valence-electron chi connectivity index (χ1n) is 9.02. The van der Waals surface area contributed by atoms with Gasteiger partial charge in [-0.05, 0) is 55.3 Å². The van der Waals surface area contributed by atoms with Gasteiger partial charge in [0.1, 0.15) is 11.5 Å². The molecule has 1 atom stereocenters. The highest BCUT2D eigenvalue weighted by atomic mass is 16.5. The number of methoxy groups -OCH3 is 1. The van der Waals surface area contributed by atoms with E-state index in [2.05, 4.69) is 35.3 Å². The highest BCUT2D eigenvalue weighted by Gasteiger charge is 2.28. The molecule has 1 unspecified atom stereocenters. The number of carbonyl (C=O) groups is 1. The second-order valence-corrected chi connectivity index (χ2v) is 6.75. The molecule has 27 heavy (non-hydrogen) atoms. The van der Waals surface area contributed by atoms with Crippen molar-refractivity contribution in [2.24, 2.45) is 0 Å². The molecule has 4 rings (SSSR count). The van der Waals surface area contributed by atoms with Crippen molar-refractivity contribution >= 4 is 17.3 Å². The molecule has 0 spiro atoms. The van der Waals surface area contributed by atoms with Crippen molar-refractivity contribution in [2.75, 3.05) is 17.3 Å². The number of ether oxygens (including phenoxy) is 1. The summed E-state index contributed by atoms with van der Waals surface area (Å²) < 4.78 is 10.8. The molecule has 5 nitrogen and oxygen atoms in total. The summed E-state index contributed by atoms with van der Waals surface area (Å²) in [5.74, 6) is 1.24. The highest BCUT2D eigenvalue weighted by Crippen LogP contribution is 2.33. The molecule has 2 heterocycles. The Morgan fingerprint density at radius 3 is 2.74 bits per heavy atom. The Morgan fingerprint density at radius 2 is 1.96 bits per heavy atom. The second-order valence-electron chi connectivity index (χ2n) is 6.75. The van der Waals surface area contributed by atoms with Gasteiger partial charge in [-0.3, -0.25) is 4.79 Å². The van der Waals surface area contributed by atoms with E-state index in [1.807, 2.05) is 30.3 Å². The minimum absolute atomic E-state index is 0.177. The molecule has 3 aromatic rings. The first kappa shape index (κ1) is 17.2. The fourth-order valence-corrected chi connectivity index (χ4v) is 3.56. The molecule has 0 bridgehead atoms. The molecule has 1 aliphatic rings. The van der Waals surface area contributed by atoms with Crippen molar-refractivity contribution in [1.82, 2.24) is 0 Å². The van der Waals surface area contributed by atoms with Gasteiger partial charge in [0.25, 0.3) is 5.91 Å². The second kappa shape index (κ2) is 7.19. The summed E-state index contributed by atoms with van der Waals surface area (Å²) in [6, 6.07) is 17.7. The minimum atomic E-state index is -0.177. The van der Waals surface area contributed by atoms with E-state index < -0.39 is 0 Å². The maximum atomic E-state index is 12.7. The van der Waals surface area contributed by atoms with Crippen LogP contribution in [0.4, 0.5) is 11.4 Å². The predicted molar refractivity (Wildman–Crippen MR) is 105 cm³/mol. The summed E-state index contributed by atoms with van der Waals surface area (Å²) in [6.45, 7) is 2.76. The van der Waals surface area contributed by atoms with Gasteiger partial charge in [-0.25, -0.2) is 0 Å². The van der Waals surface area contributed by atoms with Crippen molar-refractivity contribution in [2.45, 2.75) is 25.9 Å². The van der Waals surface area contributed by atoms with Crippen LogP contribution in [0.1, 0.15) is 28.6 Å². The fraction of sp³-hybridized carbons (Fsp3) is 0.227. The van der Waals surface area contributed by atoms with Crippen LogP contribution in [0.5, 0.6) is 5.75 Å². The summed E-state index contributed by atoms with van der Waals surface area (Å²) in [6.07, 6.45) is 2.58. The number of hydrogen-bond donors (Lipinski definition) is 1. The van der Waals surface area contributed by atoms with Crippen molar-refractivity contribution in [3.63, 3.8) is 0 Å². The molecule has 2 aromatic carbocycles. The van der Waals surface area contributed by atoms with Crippen LogP contribution in [-0.2, 0) is 13.0 Å². The third kappa shape index (κ3) is 3.40. The van der Waals surface area contributed by atoms with E-state index in [0.717, 1.165) is 12.2 Å². The summed E-state index contributed by atoms with van der Waals surface area (Å²) >= 11 is 0. The number of furan rings is 1. The van der Waals surface area contributed by atoms with Crippen LogP contribution in [0, 0.1) is 0 Å². The molecule has 0 fully saturated rings. The first-order chi connectivity index (χ1) is 13.2. The molecular weight excluding hydrogens is 340 g/mol. The van der Waals surface area contributed by atoms with Gasteiger partial charge in [0.15, 0.2) is 0 Å². The molecule has 0 saturated carbocycles. The molecule has 1 N–H and O–H groups in total. The van der Waals surface area contributed by atoms with E-state index in [4.69, 9.17) is 9.15 Å². The Labute approximate surface area is 158 Å². The molecule has 1 aliphatic heterocycles. The zero-order chi connectivity index (χ0) is 18.8. The van der Waals surface area contributed by atoms with Crippen LogP contribution in [-0.4, -0.2) is 19.1 Å². The number of amides is 1. The maximum Gasteiger partial charge on any atom is 0.259 e. The normalized spacial score (nSPS) is 15.5. The lowest BCUT2D eigenvalue weighted by atomic mass is 10.1. The molecule has 0 aliphatic carbocycles. The first-order valence-corrected chi connectivity index (χ1v) is 9.02. The zero-order valence-corrected chi connectivity index (χ0v) is 15.4. The molecule has 1 aromatic heterocycles. The quantitative estimate of drug-likeness (QED) is 0.726. The van der Waals surface area contributed by atoms with Gasteiger partial charge in [0.2, 0.25) is 0 Å². The largest absolute Gasteiger partial charge is 0.497 e. The smallest absolute Gasteiger partial charge is 0.259 e. The van der Waals surface area contributed by atoms with Crippen molar-refractivity contribution < 1.29 is 13.9 Å². The fourth-order valence-electron chi connectivity index (χ4n) is 3.56. The van der Waals surface area contributed by atoms with E-state index in [1.54, 1.807) is 19.4 Å². The average molecular weight is 362 g/mol. The van der Waals surface area contributed by atoms with Crippen LogP contribution in [0.15, 0.2) is 65.3 Å². The molecule has 138 valence electrons. The SMILES string of the molecule is COc1ccc(NC(=O)c2ccoc2CN2c3ccccc3CC2C)cc1. The Morgan fingerprint density at radius 1 is 1.19 bits per heavy atom. The van der Waals surface area contributed by atoms with Crippen LogP contribution >= 0.6 is 0 Å². The number of fused-ring (bicyclic) bond motifs is 1. The Kier molecular flexibility index (Phi) is 4.59. The lowest BCUT2D eigenvalue weighted by Crippen LogP contribution is -2.29. The average Bonchev–Trinajstić information content (AvgIpc) is 3.27. The van der Waals surface area contributed by atoms with Gasteiger partial charge in [0, 0.05) is 17.4 Å². The molecule has 0 saturated heterocycles. The summed E-state index contributed by atoms with van der Waals surface area (Å²) in [5, 5.41) is 2.92. The van der Waals surface area contributed by atoms with Gasteiger partial charge in [-0.1, -0.05) is 18.2 Å². The number of rotatable bonds is 5. The Hall–Kier alpha value is -3.21. The molecule has 1 amide bonds. The number of para-hydroxylation sites is 1. The van der Waals surface area contributed by atoms with E-state index in [9.17, 15) is 4.79 Å². The summed E-state index contributed by atoms with van der Waals surface area (Å²) in [4.78, 5) is 15.0. The Balaban J connectivity index is 1.51.